The molecule has 2 fully saturated rings. The molecule has 0 spiro atoms. The minimum atomic E-state index is -0.293. The van der Waals surface area contributed by atoms with Crippen LogP contribution in [0.5, 0.6) is 5.75 Å². The summed E-state index contributed by atoms with van der Waals surface area (Å²) in [6.45, 7) is 2.71. The molecule has 2 aromatic heterocycles. The standard InChI is InChI=1S/C34H35N9O4/c1-43(2)25-5-3-22(4-6-25)33(45)40-24-18-38-34(39-19-24)42-30-23(16-35)17-37-31-27(30)7-8-28(47-26-11-14-46-20-26)32(31)41-29(44)15-21-9-12-36-13-10-21/h3-8,15,17-19,26,36H,9-14,20H2,1-2H3,(H,40,45)(H,41,44)(H,37,38,39,42). The third-order valence-corrected chi connectivity index (χ3v) is 7.92. The highest BCUT2D eigenvalue weighted by atomic mass is 16.5. The van der Waals surface area contributed by atoms with Gasteiger partial charge in [0.15, 0.2) is 0 Å². The number of anilines is 5. The number of carbonyl (C=O) groups excluding carboxylic acids is 2. The van der Waals surface area contributed by atoms with Gasteiger partial charge in [-0.2, -0.15) is 5.26 Å². The Bertz CT molecular complexity index is 1840. The van der Waals surface area contributed by atoms with E-state index in [1.165, 1.54) is 18.6 Å². The van der Waals surface area contributed by atoms with Crippen LogP contribution in [0.15, 0.2) is 66.6 Å². The summed E-state index contributed by atoms with van der Waals surface area (Å²) >= 11 is 0. The molecule has 0 radical (unpaired) electrons. The van der Waals surface area contributed by atoms with Gasteiger partial charge in [-0.05, 0) is 62.3 Å². The molecule has 13 heteroatoms. The van der Waals surface area contributed by atoms with Crippen molar-refractivity contribution in [2.24, 2.45) is 0 Å². The molecule has 6 rings (SSSR count). The molecule has 1 atom stereocenters. The number of rotatable bonds is 9. The number of pyridine rings is 1. The zero-order chi connectivity index (χ0) is 32.8. The van der Waals surface area contributed by atoms with Crippen LogP contribution in [0.25, 0.3) is 10.9 Å². The predicted octanol–water partition coefficient (Wildman–Crippen LogP) is 4.37. The number of hydrogen-bond acceptors (Lipinski definition) is 11. The number of nitrogens with one attached hydrogen (secondary N) is 4. The van der Waals surface area contributed by atoms with Crippen molar-refractivity contribution in [3.63, 3.8) is 0 Å². The van der Waals surface area contributed by atoms with Crippen molar-refractivity contribution < 1.29 is 19.1 Å². The van der Waals surface area contributed by atoms with Crippen molar-refractivity contribution in [2.45, 2.75) is 25.4 Å². The number of benzene rings is 2. The molecule has 0 saturated carbocycles. The Balaban J connectivity index is 1.27. The second-order valence-electron chi connectivity index (χ2n) is 11.5. The maximum atomic E-state index is 13.2. The molecule has 47 heavy (non-hydrogen) atoms. The summed E-state index contributed by atoms with van der Waals surface area (Å²) in [6, 6.07) is 12.9. The zero-order valence-electron chi connectivity index (χ0n) is 26.2. The van der Waals surface area contributed by atoms with Gasteiger partial charge in [0.2, 0.25) is 11.9 Å². The molecule has 2 aliphatic heterocycles. The monoisotopic (exact) mass is 633 g/mol. The lowest BCUT2D eigenvalue weighted by atomic mass is 10.0. The molecule has 2 aromatic carbocycles. The van der Waals surface area contributed by atoms with E-state index in [0.29, 0.717) is 52.5 Å². The van der Waals surface area contributed by atoms with E-state index in [0.717, 1.165) is 43.6 Å². The normalized spacial score (nSPS) is 15.9. The average molecular weight is 634 g/mol. The largest absolute Gasteiger partial charge is 0.486 e. The van der Waals surface area contributed by atoms with Gasteiger partial charge in [-0.1, -0.05) is 5.57 Å². The number of carbonyl (C=O) groups is 2. The Labute approximate surface area is 272 Å². The van der Waals surface area contributed by atoms with Crippen LogP contribution in [0.2, 0.25) is 0 Å². The fourth-order valence-corrected chi connectivity index (χ4v) is 5.39. The minimum absolute atomic E-state index is 0.160. The van der Waals surface area contributed by atoms with Gasteiger partial charge in [-0.3, -0.25) is 14.6 Å². The lowest BCUT2D eigenvalue weighted by Gasteiger charge is -2.19. The Morgan fingerprint density at radius 1 is 1.02 bits per heavy atom. The average Bonchev–Trinajstić information content (AvgIpc) is 3.60. The van der Waals surface area contributed by atoms with Gasteiger partial charge < -0.3 is 35.6 Å². The lowest BCUT2D eigenvalue weighted by Crippen LogP contribution is -2.24. The van der Waals surface area contributed by atoms with Crippen LogP contribution in [0.3, 0.4) is 0 Å². The number of hydrogen-bond donors (Lipinski definition) is 4. The van der Waals surface area contributed by atoms with Crippen LogP contribution < -0.4 is 30.9 Å². The van der Waals surface area contributed by atoms with Crippen molar-refractivity contribution >= 4 is 51.4 Å². The molecular weight excluding hydrogens is 598 g/mol. The number of nitrogens with zero attached hydrogens (tertiary/aromatic N) is 5. The lowest BCUT2D eigenvalue weighted by molar-refractivity contribution is -0.112. The molecule has 13 nitrogen and oxygen atoms in total. The van der Waals surface area contributed by atoms with Crippen LogP contribution in [0.4, 0.5) is 28.7 Å². The van der Waals surface area contributed by atoms with E-state index in [1.54, 1.807) is 30.3 Å². The molecule has 2 saturated heterocycles. The topological polar surface area (TPSA) is 166 Å². The first-order valence-corrected chi connectivity index (χ1v) is 15.4. The smallest absolute Gasteiger partial charge is 0.255 e. The third-order valence-electron chi connectivity index (χ3n) is 7.92. The maximum absolute atomic E-state index is 13.2. The Hall–Kier alpha value is -5.58. The number of aromatic nitrogens is 3. The fraction of sp³-hybridized carbons (Fsp3) is 0.294. The molecule has 4 N–H and O–H groups in total. The number of amides is 2. The van der Waals surface area contributed by atoms with E-state index in [1.807, 2.05) is 31.1 Å². The minimum Gasteiger partial charge on any atom is -0.486 e. The van der Waals surface area contributed by atoms with Crippen LogP contribution in [0, 0.1) is 11.3 Å². The Morgan fingerprint density at radius 2 is 1.79 bits per heavy atom. The Kier molecular flexibility index (Phi) is 9.51. The molecule has 2 aliphatic rings. The number of ether oxygens (including phenoxy) is 2. The summed E-state index contributed by atoms with van der Waals surface area (Å²) in [5, 5.41) is 22.8. The molecule has 2 amide bonds. The first kappa shape index (κ1) is 31.4. The molecule has 4 heterocycles. The molecular formula is C34H35N9O4. The highest BCUT2D eigenvalue weighted by Crippen LogP contribution is 2.38. The van der Waals surface area contributed by atoms with Gasteiger partial charge in [0.05, 0.1) is 48.1 Å². The summed E-state index contributed by atoms with van der Waals surface area (Å²) in [5.41, 5.74) is 4.46. The third kappa shape index (κ3) is 7.46. The van der Waals surface area contributed by atoms with E-state index < -0.39 is 0 Å². The van der Waals surface area contributed by atoms with Gasteiger partial charge in [0.25, 0.3) is 5.91 Å². The Morgan fingerprint density at radius 3 is 2.47 bits per heavy atom. The molecule has 0 bridgehead atoms. The van der Waals surface area contributed by atoms with E-state index in [-0.39, 0.29) is 29.4 Å². The van der Waals surface area contributed by atoms with E-state index in [9.17, 15) is 14.9 Å². The molecule has 0 aliphatic carbocycles. The van der Waals surface area contributed by atoms with Gasteiger partial charge in [-0.15, -0.1) is 0 Å². The van der Waals surface area contributed by atoms with Crippen molar-refractivity contribution in [1.82, 2.24) is 20.3 Å². The maximum Gasteiger partial charge on any atom is 0.255 e. The van der Waals surface area contributed by atoms with Crippen LogP contribution in [-0.4, -0.2) is 73.3 Å². The first-order chi connectivity index (χ1) is 22.9. The molecule has 4 aromatic rings. The number of fused-ring (bicyclic) bond motifs is 1. The predicted molar refractivity (Wildman–Crippen MR) is 179 cm³/mol. The molecule has 1 unspecified atom stereocenters. The van der Waals surface area contributed by atoms with E-state index >= 15 is 0 Å². The van der Waals surface area contributed by atoms with Crippen molar-refractivity contribution in [3.8, 4) is 11.8 Å². The van der Waals surface area contributed by atoms with Gasteiger partial charge in [0.1, 0.15) is 23.6 Å². The highest BCUT2D eigenvalue weighted by Gasteiger charge is 2.23. The first-order valence-electron chi connectivity index (χ1n) is 15.4. The van der Waals surface area contributed by atoms with E-state index in [4.69, 9.17) is 9.47 Å². The number of piperidine rings is 1. The number of nitriles is 1. The summed E-state index contributed by atoms with van der Waals surface area (Å²) in [6.07, 6.45) is 8.20. The van der Waals surface area contributed by atoms with Gasteiger partial charge >= 0.3 is 0 Å². The van der Waals surface area contributed by atoms with Crippen molar-refractivity contribution in [2.75, 3.05) is 61.2 Å². The van der Waals surface area contributed by atoms with Crippen molar-refractivity contribution in [1.29, 1.82) is 5.26 Å². The van der Waals surface area contributed by atoms with Crippen molar-refractivity contribution in [3.05, 3.63) is 77.8 Å². The summed E-state index contributed by atoms with van der Waals surface area (Å²) in [5.74, 6) is 0.0872. The van der Waals surface area contributed by atoms with Crippen LogP contribution in [-0.2, 0) is 9.53 Å². The second-order valence-corrected chi connectivity index (χ2v) is 11.5. The van der Waals surface area contributed by atoms with E-state index in [2.05, 4.69) is 42.3 Å². The van der Waals surface area contributed by atoms with Crippen LogP contribution >= 0.6 is 0 Å². The fourth-order valence-electron chi connectivity index (χ4n) is 5.39. The summed E-state index contributed by atoms with van der Waals surface area (Å²) in [4.78, 5) is 41.2. The summed E-state index contributed by atoms with van der Waals surface area (Å²) < 4.78 is 11.7. The quantitative estimate of drug-likeness (QED) is 0.193. The van der Waals surface area contributed by atoms with Gasteiger partial charge in [0, 0.05) is 49.4 Å². The highest BCUT2D eigenvalue weighted by molar-refractivity contribution is 6.10. The van der Waals surface area contributed by atoms with Crippen LogP contribution in [0.1, 0.15) is 35.2 Å². The second kappa shape index (κ2) is 14.2. The molecule has 240 valence electrons. The SMILES string of the molecule is CN(C)c1ccc(C(=O)Nc2cnc(Nc3c(C#N)cnc4c(NC(=O)C=C5CCNCC5)c(OC5CCOC5)ccc34)nc2)cc1. The summed E-state index contributed by atoms with van der Waals surface area (Å²) in [7, 11) is 3.86. The zero-order valence-corrected chi connectivity index (χ0v) is 26.2. The van der Waals surface area contributed by atoms with Gasteiger partial charge in [-0.25, -0.2) is 9.97 Å².